The Morgan fingerprint density at radius 1 is 0.792 bits per heavy atom. The molecule has 1 nitrogen and oxygen atoms in total. The summed E-state index contributed by atoms with van der Waals surface area (Å²) in [7, 11) is 0. The van der Waals surface area contributed by atoms with Crippen molar-refractivity contribution in [2.45, 2.75) is 25.7 Å². The zero-order valence-corrected chi connectivity index (χ0v) is 14.3. The lowest BCUT2D eigenvalue weighted by Crippen LogP contribution is -2.31. The minimum atomic E-state index is 1.01. The highest BCUT2D eigenvalue weighted by Crippen LogP contribution is 2.38. The topological polar surface area (TPSA) is 3.24 Å². The van der Waals surface area contributed by atoms with Crippen molar-refractivity contribution in [1.29, 1.82) is 0 Å². The number of aryl methyl sites for hydroxylation is 2. The summed E-state index contributed by atoms with van der Waals surface area (Å²) >= 11 is 0. The van der Waals surface area contributed by atoms with Crippen molar-refractivity contribution >= 4 is 5.57 Å². The highest BCUT2D eigenvalue weighted by atomic mass is 15.1. The Hall–Kier alpha value is -2.12. The first-order chi connectivity index (χ1) is 11.9. The Morgan fingerprint density at radius 2 is 1.33 bits per heavy atom. The standard InChI is InChI=1S/C23H25N/c1-2-15-24-16-13-20(14-17-24)23-21-9-5-3-7-18(21)11-12-19-8-4-6-10-22(19)23/h2-10H,1,11-17H2. The fourth-order valence-electron chi connectivity index (χ4n) is 4.20. The molecule has 0 saturated carbocycles. The molecule has 0 unspecified atom stereocenters. The first-order valence-corrected chi connectivity index (χ1v) is 9.08. The number of hydrogen-bond acceptors (Lipinski definition) is 1. The molecule has 1 heterocycles. The lowest BCUT2D eigenvalue weighted by molar-refractivity contribution is 0.283. The van der Waals surface area contributed by atoms with Gasteiger partial charge in [-0.3, -0.25) is 4.90 Å². The van der Waals surface area contributed by atoms with E-state index in [1.807, 2.05) is 6.08 Å². The molecule has 0 atom stereocenters. The molecule has 2 aliphatic rings. The summed E-state index contributed by atoms with van der Waals surface area (Å²) < 4.78 is 0. The van der Waals surface area contributed by atoms with E-state index in [1.54, 1.807) is 5.57 Å². The number of benzene rings is 2. The van der Waals surface area contributed by atoms with Gasteiger partial charge in [-0.2, -0.15) is 0 Å². The van der Waals surface area contributed by atoms with E-state index in [4.69, 9.17) is 0 Å². The maximum Gasteiger partial charge on any atom is 0.0160 e. The van der Waals surface area contributed by atoms with Gasteiger partial charge in [0, 0.05) is 19.6 Å². The van der Waals surface area contributed by atoms with Crippen LogP contribution in [-0.2, 0) is 12.8 Å². The molecule has 122 valence electrons. The molecule has 2 aromatic rings. The highest BCUT2D eigenvalue weighted by Gasteiger charge is 2.23. The smallest absolute Gasteiger partial charge is 0.0160 e. The van der Waals surface area contributed by atoms with E-state index in [0.29, 0.717) is 0 Å². The molecule has 0 amide bonds. The van der Waals surface area contributed by atoms with Gasteiger partial charge >= 0.3 is 0 Å². The number of hydrogen-bond donors (Lipinski definition) is 0. The minimum Gasteiger partial charge on any atom is -0.299 e. The number of likely N-dealkylation sites (tertiary alicyclic amines) is 1. The molecule has 0 spiro atoms. The van der Waals surface area contributed by atoms with E-state index in [9.17, 15) is 0 Å². The third-order valence-corrected chi connectivity index (χ3v) is 5.44. The van der Waals surface area contributed by atoms with Crippen LogP contribution in [0.3, 0.4) is 0 Å². The van der Waals surface area contributed by atoms with Crippen LogP contribution < -0.4 is 0 Å². The molecule has 4 rings (SSSR count). The van der Waals surface area contributed by atoms with Gasteiger partial charge in [0.05, 0.1) is 0 Å². The fourth-order valence-corrected chi connectivity index (χ4v) is 4.20. The zero-order valence-electron chi connectivity index (χ0n) is 14.3. The van der Waals surface area contributed by atoms with Crippen LogP contribution in [-0.4, -0.2) is 24.5 Å². The monoisotopic (exact) mass is 315 g/mol. The molecule has 0 N–H and O–H groups in total. The first-order valence-electron chi connectivity index (χ1n) is 9.08. The van der Waals surface area contributed by atoms with Crippen molar-refractivity contribution < 1.29 is 0 Å². The van der Waals surface area contributed by atoms with Crippen molar-refractivity contribution in [3.63, 3.8) is 0 Å². The van der Waals surface area contributed by atoms with Crippen LogP contribution in [0, 0.1) is 0 Å². The van der Waals surface area contributed by atoms with Crippen molar-refractivity contribution in [2.75, 3.05) is 19.6 Å². The number of piperidine rings is 1. The molecule has 1 saturated heterocycles. The Labute approximate surface area is 145 Å². The van der Waals surface area contributed by atoms with Gasteiger partial charge in [-0.05, 0) is 53.5 Å². The largest absolute Gasteiger partial charge is 0.299 e. The van der Waals surface area contributed by atoms with Gasteiger partial charge in [0.2, 0.25) is 0 Å². The number of nitrogens with zero attached hydrogens (tertiary/aromatic N) is 1. The van der Waals surface area contributed by atoms with E-state index >= 15 is 0 Å². The van der Waals surface area contributed by atoms with Crippen LogP contribution in [0.2, 0.25) is 0 Å². The van der Waals surface area contributed by atoms with E-state index in [2.05, 4.69) is 60.0 Å². The highest BCUT2D eigenvalue weighted by molar-refractivity contribution is 5.86. The first kappa shape index (κ1) is 15.4. The van der Waals surface area contributed by atoms with Gasteiger partial charge in [0.25, 0.3) is 0 Å². The summed E-state index contributed by atoms with van der Waals surface area (Å²) in [6.45, 7) is 7.19. The normalized spacial score (nSPS) is 17.8. The second kappa shape index (κ2) is 6.78. The van der Waals surface area contributed by atoms with Crippen molar-refractivity contribution in [3.05, 3.63) is 89.0 Å². The lowest BCUT2D eigenvalue weighted by atomic mass is 9.86. The Morgan fingerprint density at radius 3 is 1.88 bits per heavy atom. The SMILES string of the molecule is C=CCN1CCC(=C2c3ccccc3CCc3ccccc32)CC1. The van der Waals surface area contributed by atoms with Gasteiger partial charge in [0.1, 0.15) is 0 Å². The van der Waals surface area contributed by atoms with E-state index < -0.39 is 0 Å². The summed E-state index contributed by atoms with van der Waals surface area (Å²) in [6.07, 6.45) is 6.66. The molecule has 1 aliphatic heterocycles. The van der Waals surface area contributed by atoms with Gasteiger partial charge in [0.15, 0.2) is 0 Å². The van der Waals surface area contributed by atoms with Gasteiger partial charge in [-0.25, -0.2) is 0 Å². The molecule has 1 heteroatoms. The third kappa shape index (κ3) is 2.85. The van der Waals surface area contributed by atoms with Crippen LogP contribution in [0.1, 0.15) is 35.1 Å². The van der Waals surface area contributed by atoms with Gasteiger partial charge in [-0.15, -0.1) is 6.58 Å². The van der Waals surface area contributed by atoms with Gasteiger partial charge in [-0.1, -0.05) is 60.2 Å². The summed E-state index contributed by atoms with van der Waals surface area (Å²) in [5.41, 5.74) is 9.10. The average molecular weight is 315 g/mol. The lowest BCUT2D eigenvalue weighted by Gasteiger charge is -2.29. The second-order valence-corrected chi connectivity index (χ2v) is 6.88. The quantitative estimate of drug-likeness (QED) is 0.715. The molecular formula is C23H25N. The van der Waals surface area contributed by atoms with Crippen LogP contribution >= 0.6 is 0 Å². The van der Waals surface area contributed by atoms with Crippen molar-refractivity contribution in [2.24, 2.45) is 0 Å². The maximum absolute atomic E-state index is 3.88. The van der Waals surface area contributed by atoms with Crippen LogP contribution in [0.15, 0.2) is 66.8 Å². The molecule has 0 bridgehead atoms. The molecule has 1 fully saturated rings. The third-order valence-electron chi connectivity index (χ3n) is 5.44. The van der Waals surface area contributed by atoms with E-state index in [1.165, 1.54) is 40.7 Å². The van der Waals surface area contributed by atoms with E-state index in [0.717, 1.165) is 32.5 Å². The summed E-state index contributed by atoms with van der Waals surface area (Å²) in [5, 5.41) is 0. The van der Waals surface area contributed by atoms with Crippen LogP contribution in [0.4, 0.5) is 0 Å². The number of rotatable bonds is 2. The summed E-state index contributed by atoms with van der Waals surface area (Å²) in [6, 6.07) is 18.0. The van der Waals surface area contributed by atoms with Crippen molar-refractivity contribution in [1.82, 2.24) is 4.90 Å². The molecule has 24 heavy (non-hydrogen) atoms. The van der Waals surface area contributed by atoms with E-state index in [-0.39, 0.29) is 0 Å². The van der Waals surface area contributed by atoms with Crippen LogP contribution in [0.5, 0.6) is 0 Å². The zero-order chi connectivity index (χ0) is 16.4. The summed E-state index contributed by atoms with van der Waals surface area (Å²) in [4.78, 5) is 2.51. The predicted molar refractivity (Wildman–Crippen MR) is 102 cm³/mol. The Bertz CT molecular complexity index is 725. The predicted octanol–water partition coefficient (Wildman–Crippen LogP) is 4.87. The van der Waals surface area contributed by atoms with Gasteiger partial charge < -0.3 is 0 Å². The maximum atomic E-state index is 3.88. The molecule has 1 aliphatic carbocycles. The number of fused-ring (bicyclic) bond motifs is 2. The summed E-state index contributed by atoms with van der Waals surface area (Å²) in [5.74, 6) is 0. The Kier molecular flexibility index (Phi) is 4.36. The van der Waals surface area contributed by atoms with Crippen molar-refractivity contribution in [3.8, 4) is 0 Å². The fraction of sp³-hybridized carbons (Fsp3) is 0.304. The average Bonchev–Trinajstić information content (AvgIpc) is 2.80. The minimum absolute atomic E-state index is 1.01. The Balaban J connectivity index is 1.82. The second-order valence-electron chi connectivity index (χ2n) is 6.88. The van der Waals surface area contributed by atoms with Crippen LogP contribution in [0.25, 0.3) is 5.57 Å². The molecular weight excluding hydrogens is 290 g/mol. The molecule has 0 aromatic heterocycles. The molecule has 0 radical (unpaired) electrons. The molecule has 2 aromatic carbocycles.